The Hall–Kier alpha value is -1.42. The summed E-state index contributed by atoms with van der Waals surface area (Å²) in [6.07, 6.45) is 12.1. The second kappa shape index (κ2) is 10.4. The molecule has 0 unspecified atom stereocenters. The number of aryl methyl sites for hydroxylation is 2. The predicted molar refractivity (Wildman–Crippen MR) is 116 cm³/mol. The first-order valence-electron chi connectivity index (χ1n) is 10.8. The first kappa shape index (κ1) is 21.3. The lowest BCUT2D eigenvalue weighted by Crippen LogP contribution is -2.18. The van der Waals surface area contributed by atoms with Crippen molar-refractivity contribution in [3.05, 3.63) is 59.2 Å². The Labute approximate surface area is 171 Å². The zero-order valence-corrected chi connectivity index (χ0v) is 17.8. The lowest BCUT2D eigenvalue weighted by molar-refractivity contribution is 0.119. The first-order chi connectivity index (χ1) is 13.5. The van der Waals surface area contributed by atoms with Gasteiger partial charge in [-0.05, 0) is 70.5 Å². The number of ether oxygens (including phenoxy) is 1. The number of benzene rings is 1. The summed E-state index contributed by atoms with van der Waals surface area (Å²) >= 11 is 0. The Morgan fingerprint density at radius 1 is 1.21 bits per heavy atom. The third kappa shape index (κ3) is 6.04. The van der Waals surface area contributed by atoms with E-state index in [1.807, 2.05) is 0 Å². The van der Waals surface area contributed by atoms with E-state index in [4.69, 9.17) is 4.74 Å². The van der Waals surface area contributed by atoms with E-state index in [2.05, 4.69) is 68.4 Å². The molecule has 1 N–H and O–H groups in total. The summed E-state index contributed by atoms with van der Waals surface area (Å²) in [5.74, 6) is 1.45. The standard InChI is InChI=1S/C25H37NO2/c1-19-7-6-9-20(15-19)8-4-5-10-23-24-17-21(16-22(24)18-25(23)27)11-13-28-14-12-26(2)3/h5-7,9-10,15-16,22-25,27H,4,8,11-14,17-18H2,1-3H3/b10-5+/t22-,23+,24-,25+/m0/s1. The molecule has 4 atom stereocenters. The van der Waals surface area contributed by atoms with Gasteiger partial charge in [0.05, 0.1) is 19.3 Å². The van der Waals surface area contributed by atoms with Crippen LogP contribution in [0.5, 0.6) is 0 Å². The van der Waals surface area contributed by atoms with E-state index in [1.165, 1.54) is 16.7 Å². The number of rotatable bonds is 10. The quantitative estimate of drug-likeness (QED) is 0.480. The molecule has 3 rings (SSSR count). The van der Waals surface area contributed by atoms with E-state index in [1.54, 1.807) is 0 Å². The maximum Gasteiger partial charge on any atom is 0.0611 e. The normalized spacial score (nSPS) is 27.0. The van der Waals surface area contributed by atoms with Crippen molar-refractivity contribution in [3.63, 3.8) is 0 Å². The Morgan fingerprint density at radius 2 is 2.07 bits per heavy atom. The molecular formula is C25H37NO2. The van der Waals surface area contributed by atoms with Crippen molar-refractivity contribution in [1.82, 2.24) is 4.90 Å². The molecule has 1 fully saturated rings. The summed E-state index contributed by atoms with van der Waals surface area (Å²) < 4.78 is 5.76. The first-order valence-corrected chi connectivity index (χ1v) is 10.8. The van der Waals surface area contributed by atoms with Crippen LogP contribution in [0.4, 0.5) is 0 Å². The molecular weight excluding hydrogens is 346 g/mol. The Bertz CT molecular complexity index is 679. The maximum absolute atomic E-state index is 10.5. The van der Waals surface area contributed by atoms with Crippen LogP contribution in [0.15, 0.2) is 48.1 Å². The molecule has 2 aliphatic carbocycles. The van der Waals surface area contributed by atoms with E-state index in [0.717, 1.165) is 51.9 Å². The van der Waals surface area contributed by atoms with Gasteiger partial charge >= 0.3 is 0 Å². The minimum absolute atomic E-state index is 0.181. The third-order valence-corrected chi connectivity index (χ3v) is 6.24. The molecule has 0 heterocycles. The average molecular weight is 384 g/mol. The molecule has 0 radical (unpaired) electrons. The number of allylic oxidation sites excluding steroid dienone is 2. The zero-order chi connectivity index (χ0) is 19.9. The minimum atomic E-state index is -0.181. The highest BCUT2D eigenvalue weighted by molar-refractivity contribution is 5.23. The highest BCUT2D eigenvalue weighted by Crippen LogP contribution is 2.47. The van der Waals surface area contributed by atoms with E-state index in [-0.39, 0.29) is 6.10 Å². The fourth-order valence-corrected chi connectivity index (χ4v) is 4.71. The lowest BCUT2D eigenvalue weighted by Gasteiger charge is -2.18. The molecule has 1 saturated carbocycles. The van der Waals surface area contributed by atoms with Crippen LogP contribution < -0.4 is 0 Å². The van der Waals surface area contributed by atoms with Crippen molar-refractivity contribution in [2.24, 2.45) is 17.8 Å². The van der Waals surface area contributed by atoms with E-state index < -0.39 is 0 Å². The molecule has 0 spiro atoms. The number of hydrogen-bond acceptors (Lipinski definition) is 3. The number of nitrogens with zero attached hydrogens (tertiary/aromatic N) is 1. The molecule has 0 bridgehead atoms. The lowest BCUT2D eigenvalue weighted by atomic mass is 9.89. The molecule has 2 aliphatic rings. The van der Waals surface area contributed by atoms with Crippen LogP contribution in [0, 0.1) is 24.7 Å². The van der Waals surface area contributed by atoms with Crippen LogP contribution in [0.25, 0.3) is 0 Å². The number of fused-ring (bicyclic) bond motifs is 1. The van der Waals surface area contributed by atoms with Crippen molar-refractivity contribution < 1.29 is 9.84 Å². The van der Waals surface area contributed by atoms with Crippen LogP contribution in [0.2, 0.25) is 0 Å². The summed E-state index contributed by atoms with van der Waals surface area (Å²) in [6, 6.07) is 8.75. The Morgan fingerprint density at radius 3 is 2.86 bits per heavy atom. The van der Waals surface area contributed by atoms with Crippen LogP contribution in [-0.2, 0) is 11.2 Å². The maximum atomic E-state index is 10.5. The SMILES string of the molecule is Cc1cccc(CC/C=C/[C@@H]2[C@H]3CC(CCOCCN(C)C)=C[C@H]3C[C@H]2O)c1. The summed E-state index contributed by atoms with van der Waals surface area (Å²) in [5, 5.41) is 10.5. The minimum Gasteiger partial charge on any atom is -0.392 e. The van der Waals surface area contributed by atoms with E-state index >= 15 is 0 Å². The van der Waals surface area contributed by atoms with Gasteiger partial charge in [0.2, 0.25) is 0 Å². The fraction of sp³-hybridized carbons (Fsp3) is 0.600. The van der Waals surface area contributed by atoms with Gasteiger partial charge in [0.15, 0.2) is 0 Å². The zero-order valence-electron chi connectivity index (χ0n) is 17.8. The van der Waals surface area contributed by atoms with Gasteiger partial charge in [-0.1, -0.05) is 53.6 Å². The van der Waals surface area contributed by atoms with Gasteiger partial charge in [-0.2, -0.15) is 0 Å². The number of likely N-dealkylation sites (N-methyl/N-ethyl adjacent to an activating group) is 1. The van der Waals surface area contributed by atoms with Gasteiger partial charge < -0.3 is 14.7 Å². The summed E-state index contributed by atoms with van der Waals surface area (Å²) in [5.41, 5.74) is 4.25. The Balaban J connectivity index is 1.42. The summed E-state index contributed by atoms with van der Waals surface area (Å²) in [6.45, 7) is 4.75. The van der Waals surface area contributed by atoms with Crippen LogP contribution in [0.1, 0.15) is 36.8 Å². The van der Waals surface area contributed by atoms with E-state index in [9.17, 15) is 5.11 Å². The van der Waals surface area contributed by atoms with Gasteiger partial charge in [0.1, 0.15) is 0 Å². The topological polar surface area (TPSA) is 32.7 Å². The largest absolute Gasteiger partial charge is 0.392 e. The molecule has 1 aromatic rings. The van der Waals surface area contributed by atoms with Gasteiger partial charge in [0, 0.05) is 12.5 Å². The van der Waals surface area contributed by atoms with Crippen LogP contribution in [-0.4, -0.2) is 50.0 Å². The summed E-state index contributed by atoms with van der Waals surface area (Å²) in [4.78, 5) is 2.15. The van der Waals surface area contributed by atoms with E-state index in [0.29, 0.717) is 17.8 Å². The molecule has 0 saturated heterocycles. The number of hydrogen-bond donors (Lipinski definition) is 1. The second-order valence-corrected chi connectivity index (χ2v) is 8.86. The molecule has 3 nitrogen and oxygen atoms in total. The van der Waals surface area contributed by atoms with Crippen LogP contribution in [0.3, 0.4) is 0 Å². The van der Waals surface area contributed by atoms with Crippen molar-refractivity contribution in [2.45, 2.75) is 45.1 Å². The Kier molecular flexibility index (Phi) is 7.90. The predicted octanol–water partition coefficient (Wildman–Crippen LogP) is 4.40. The highest BCUT2D eigenvalue weighted by Gasteiger charge is 2.43. The summed E-state index contributed by atoms with van der Waals surface area (Å²) in [7, 11) is 4.15. The molecule has 28 heavy (non-hydrogen) atoms. The third-order valence-electron chi connectivity index (χ3n) is 6.24. The van der Waals surface area contributed by atoms with Crippen LogP contribution >= 0.6 is 0 Å². The van der Waals surface area contributed by atoms with Gasteiger partial charge in [0.25, 0.3) is 0 Å². The second-order valence-electron chi connectivity index (χ2n) is 8.86. The number of aliphatic hydroxyl groups is 1. The van der Waals surface area contributed by atoms with Gasteiger partial charge in [-0.15, -0.1) is 0 Å². The molecule has 154 valence electrons. The van der Waals surface area contributed by atoms with Crippen molar-refractivity contribution in [3.8, 4) is 0 Å². The molecule has 0 amide bonds. The smallest absolute Gasteiger partial charge is 0.0611 e. The highest BCUT2D eigenvalue weighted by atomic mass is 16.5. The molecule has 0 aromatic heterocycles. The van der Waals surface area contributed by atoms with Gasteiger partial charge in [-0.3, -0.25) is 0 Å². The monoisotopic (exact) mass is 383 g/mol. The van der Waals surface area contributed by atoms with Gasteiger partial charge in [-0.25, -0.2) is 0 Å². The van der Waals surface area contributed by atoms with Crippen molar-refractivity contribution in [1.29, 1.82) is 0 Å². The molecule has 1 aromatic carbocycles. The fourth-order valence-electron chi connectivity index (χ4n) is 4.71. The molecule has 0 aliphatic heterocycles. The number of aliphatic hydroxyl groups excluding tert-OH is 1. The molecule has 3 heteroatoms. The average Bonchev–Trinajstić information content (AvgIpc) is 3.15. The van der Waals surface area contributed by atoms with Crippen molar-refractivity contribution in [2.75, 3.05) is 33.9 Å². The van der Waals surface area contributed by atoms with Crippen molar-refractivity contribution >= 4 is 0 Å².